The summed E-state index contributed by atoms with van der Waals surface area (Å²) in [7, 11) is 1.65. The number of carbonyl (C=O) groups is 1. The van der Waals surface area contributed by atoms with Crippen molar-refractivity contribution >= 4 is 17.7 Å². The number of methoxy groups -OCH3 is 1. The van der Waals surface area contributed by atoms with Crippen molar-refractivity contribution in [3.05, 3.63) is 24.3 Å². The van der Waals surface area contributed by atoms with Crippen LogP contribution in [0.2, 0.25) is 0 Å². The van der Waals surface area contributed by atoms with Crippen molar-refractivity contribution in [2.24, 2.45) is 0 Å². The molecule has 0 unspecified atom stereocenters. The number of hydrogen-bond acceptors (Lipinski definition) is 4. The highest BCUT2D eigenvalue weighted by molar-refractivity contribution is 8.00. The maximum absolute atomic E-state index is 12.0. The summed E-state index contributed by atoms with van der Waals surface area (Å²) in [6, 6.07) is 8.16. The summed E-state index contributed by atoms with van der Waals surface area (Å²) in [5, 5.41) is 3.16. The summed E-state index contributed by atoms with van der Waals surface area (Å²) in [6.45, 7) is 5.59. The number of piperidine rings is 1. The molecule has 1 fully saturated rings. The van der Waals surface area contributed by atoms with Gasteiger partial charge in [0.05, 0.1) is 12.9 Å². The molecule has 0 saturated carbocycles. The first-order chi connectivity index (χ1) is 10.7. The van der Waals surface area contributed by atoms with Gasteiger partial charge in [0.25, 0.3) is 0 Å². The lowest BCUT2D eigenvalue weighted by atomic mass is 10.1. The van der Waals surface area contributed by atoms with E-state index in [0.717, 1.165) is 36.6 Å². The highest BCUT2D eigenvalue weighted by atomic mass is 32.2. The maximum Gasteiger partial charge on any atom is 0.230 e. The summed E-state index contributed by atoms with van der Waals surface area (Å²) in [4.78, 5) is 15.6. The van der Waals surface area contributed by atoms with E-state index in [1.165, 1.54) is 13.0 Å². The Morgan fingerprint density at radius 1 is 1.32 bits per heavy atom. The summed E-state index contributed by atoms with van der Waals surface area (Å²) in [6.07, 6.45) is 3.34. The van der Waals surface area contributed by atoms with Gasteiger partial charge in [-0.2, -0.15) is 0 Å². The van der Waals surface area contributed by atoms with Crippen LogP contribution in [0.15, 0.2) is 29.2 Å². The van der Waals surface area contributed by atoms with Crippen molar-refractivity contribution in [1.29, 1.82) is 0 Å². The summed E-state index contributed by atoms with van der Waals surface area (Å²) in [5.41, 5.74) is 0. The first kappa shape index (κ1) is 17.2. The second kappa shape index (κ2) is 9.06. The van der Waals surface area contributed by atoms with Crippen molar-refractivity contribution in [2.75, 3.05) is 32.5 Å². The molecule has 2 rings (SSSR count). The van der Waals surface area contributed by atoms with E-state index in [0.29, 0.717) is 11.8 Å². The standard InChI is InChI=1S/C17H26N2O2S/c1-3-10-19-11-8-14(9-12-19)18-17(20)13-22-16-6-4-15(21-2)5-7-16/h4-7,14H,3,8-13H2,1-2H3,(H,18,20). The third kappa shape index (κ3) is 5.54. The average Bonchev–Trinajstić information content (AvgIpc) is 2.55. The minimum Gasteiger partial charge on any atom is -0.497 e. The van der Waals surface area contributed by atoms with Crippen LogP contribution in [-0.2, 0) is 4.79 Å². The normalized spacial score (nSPS) is 16.5. The van der Waals surface area contributed by atoms with Crippen molar-refractivity contribution in [1.82, 2.24) is 10.2 Å². The topological polar surface area (TPSA) is 41.6 Å². The monoisotopic (exact) mass is 322 g/mol. The number of thioether (sulfide) groups is 1. The molecule has 1 aliphatic heterocycles. The van der Waals surface area contributed by atoms with Crippen LogP contribution < -0.4 is 10.1 Å². The molecule has 1 N–H and O–H groups in total. The van der Waals surface area contributed by atoms with E-state index in [2.05, 4.69) is 17.1 Å². The van der Waals surface area contributed by atoms with Crippen LogP contribution in [0.3, 0.4) is 0 Å². The van der Waals surface area contributed by atoms with Gasteiger partial charge in [-0.3, -0.25) is 4.79 Å². The minimum absolute atomic E-state index is 0.134. The fourth-order valence-electron chi connectivity index (χ4n) is 2.71. The average molecular weight is 322 g/mol. The molecule has 4 nitrogen and oxygen atoms in total. The van der Waals surface area contributed by atoms with E-state index in [1.807, 2.05) is 24.3 Å². The molecule has 1 saturated heterocycles. The number of carbonyl (C=O) groups excluding carboxylic acids is 1. The summed E-state index contributed by atoms with van der Waals surface area (Å²) in [5.74, 6) is 1.45. The second-order valence-electron chi connectivity index (χ2n) is 5.65. The Bertz CT molecular complexity index is 456. The molecule has 0 atom stereocenters. The smallest absolute Gasteiger partial charge is 0.230 e. The molecule has 0 spiro atoms. The van der Waals surface area contributed by atoms with E-state index < -0.39 is 0 Å². The van der Waals surface area contributed by atoms with E-state index in [-0.39, 0.29) is 5.91 Å². The van der Waals surface area contributed by atoms with Crippen LogP contribution in [0.1, 0.15) is 26.2 Å². The first-order valence-corrected chi connectivity index (χ1v) is 8.98. The Balaban J connectivity index is 1.67. The lowest BCUT2D eigenvalue weighted by Crippen LogP contribution is -2.45. The molecule has 0 radical (unpaired) electrons. The van der Waals surface area contributed by atoms with Gasteiger partial charge in [0, 0.05) is 24.0 Å². The summed E-state index contributed by atoms with van der Waals surface area (Å²) < 4.78 is 5.13. The Hall–Kier alpha value is -1.20. The molecule has 1 heterocycles. The maximum atomic E-state index is 12.0. The SMILES string of the molecule is CCCN1CCC(NC(=O)CSc2ccc(OC)cc2)CC1. The highest BCUT2D eigenvalue weighted by Crippen LogP contribution is 2.21. The van der Waals surface area contributed by atoms with Gasteiger partial charge in [-0.05, 0) is 50.1 Å². The molecule has 1 amide bonds. The third-order valence-corrected chi connectivity index (χ3v) is 4.93. The van der Waals surface area contributed by atoms with Gasteiger partial charge in [-0.1, -0.05) is 6.92 Å². The van der Waals surface area contributed by atoms with Crippen LogP contribution in [0, 0.1) is 0 Å². The lowest BCUT2D eigenvalue weighted by molar-refractivity contribution is -0.119. The van der Waals surface area contributed by atoms with Crippen LogP contribution >= 0.6 is 11.8 Å². The van der Waals surface area contributed by atoms with Crippen molar-refractivity contribution in [3.63, 3.8) is 0 Å². The van der Waals surface area contributed by atoms with Gasteiger partial charge in [-0.15, -0.1) is 11.8 Å². The molecule has 122 valence electrons. The molecule has 22 heavy (non-hydrogen) atoms. The lowest BCUT2D eigenvalue weighted by Gasteiger charge is -2.32. The molecule has 0 bridgehead atoms. The van der Waals surface area contributed by atoms with Gasteiger partial charge in [0.1, 0.15) is 5.75 Å². The summed E-state index contributed by atoms with van der Waals surface area (Å²) >= 11 is 1.57. The molecule has 0 aliphatic carbocycles. The number of likely N-dealkylation sites (tertiary alicyclic amines) is 1. The van der Waals surface area contributed by atoms with E-state index >= 15 is 0 Å². The van der Waals surface area contributed by atoms with Crippen LogP contribution in [-0.4, -0.2) is 49.3 Å². The Kier molecular flexibility index (Phi) is 7.06. The van der Waals surface area contributed by atoms with E-state index in [9.17, 15) is 4.79 Å². The zero-order chi connectivity index (χ0) is 15.8. The zero-order valence-electron chi connectivity index (χ0n) is 13.5. The van der Waals surface area contributed by atoms with Gasteiger partial charge >= 0.3 is 0 Å². The third-order valence-electron chi connectivity index (χ3n) is 3.92. The number of amides is 1. The minimum atomic E-state index is 0.134. The molecule has 1 aromatic rings. The quantitative estimate of drug-likeness (QED) is 0.784. The van der Waals surface area contributed by atoms with Gasteiger partial charge in [-0.25, -0.2) is 0 Å². The Morgan fingerprint density at radius 3 is 2.59 bits per heavy atom. The van der Waals surface area contributed by atoms with Gasteiger partial charge in [0.2, 0.25) is 5.91 Å². The second-order valence-corrected chi connectivity index (χ2v) is 6.70. The van der Waals surface area contributed by atoms with Crippen LogP contribution in [0.5, 0.6) is 5.75 Å². The van der Waals surface area contributed by atoms with Crippen molar-refractivity contribution in [3.8, 4) is 5.75 Å². The number of ether oxygens (including phenoxy) is 1. The molecule has 5 heteroatoms. The first-order valence-electron chi connectivity index (χ1n) is 8.00. The fraction of sp³-hybridized carbons (Fsp3) is 0.588. The van der Waals surface area contributed by atoms with Gasteiger partial charge < -0.3 is 15.0 Å². The van der Waals surface area contributed by atoms with E-state index in [1.54, 1.807) is 18.9 Å². The predicted octanol–water partition coefficient (Wildman–Crippen LogP) is 2.78. The largest absolute Gasteiger partial charge is 0.497 e. The van der Waals surface area contributed by atoms with Crippen LogP contribution in [0.4, 0.5) is 0 Å². The molecule has 1 aliphatic rings. The zero-order valence-corrected chi connectivity index (χ0v) is 14.3. The van der Waals surface area contributed by atoms with Crippen molar-refractivity contribution in [2.45, 2.75) is 37.1 Å². The Morgan fingerprint density at radius 2 is 2.00 bits per heavy atom. The predicted molar refractivity (Wildman–Crippen MR) is 91.6 cm³/mol. The number of nitrogens with one attached hydrogen (secondary N) is 1. The van der Waals surface area contributed by atoms with Crippen LogP contribution in [0.25, 0.3) is 0 Å². The highest BCUT2D eigenvalue weighted by Gasteiger charge is 2.19. The van der Waals surface area contributed by atoms with Gasteiger partial charge in [0.15, 0.2) is 0 Å². The number of rotatable bonds is 7. The molecule has 1 aromatic carbocycles. The fourth-order valence-corrected chi connectivity index (χ4v) is 3.42. The molecular formula is C17H26N2O2S. The van der Waals surface area contributed by atoms with E-state index in [4.69, 9.17) is 4.74 Å². The molecule has 0 aromatic heterocycles. The number of hydrogen-bond donors (Lipinski definition) is 1. The number of benzene rings is 1. The number of nitrogens with zero attached hydrogens (tertiary/aromatic N) is 1. The Labute approximate surface area is 137 Å². The molecular weight excluding hydrogens is 296 g/mol. The van der Waals surface area contributed by atoms with Crippen molar-refractivity contribution < 1.29 is 9.53 Å².